The van der Waals surface area contributed by atoms with Crippen molar-refractivity contribution in [2.24, 2.45) is 0 Å². The molecule has 1 aromatic carbocycles. The maximum atomic E-state index is 12.4. The number of nitrogens with one attached hydrogen (secondary N) is 1. The van der Waals surface area contributed by atoms with Crippen LogP contribution in [0.4, 0.5) is 0 Å². The summed E-state index contributed by atoms with van der Waals surface area (Å²) >= 11 is 0. The second kappa shape index (κ2) is 11.1. The molecule has 1 saturated heterocycles. The largest absolute Gasteiger partial charge is 0.469 e. The number of phosphoric acid groups is 1. The van der Waals surface area contributed by atoms with E-state index < -0.39 is 20.0 Å². The van der Waals surface area contributed by atoms with Gasteiger partial charge in [0.05, 0.1) is 12.1 Å². The number of ketones is 1. The minimum Gasteiger partial charge on any atom is -0.305 e. The van der Waals surface area contributed by atoms with Gasteiger partial charge in [-0.25, -0.2) is 4.57 Å². The molecule has 152 valence electrons. The van der Waals surface area contributed by atoms with Gasteiger partial charge in [-0.1, -0.05) is 63.3 Å². The van der Waals surface area contributed by atoms with Gasteiger partial charge in [-0.3, -0.25) is 9.32 Å². The molecular formula is C20H32NO5P. The Bertz CT molecular complexity index is 628. The zero-order valence-electron chi connectivity index (χ0n) is 16.1. The Labute approximate surface area is 161 Å². The number of rotatable bonds is 12. The maximum Gasteiger partial charge on any atom is 0.469 e. The van der Waals surface area contributed by atoms with E-state index in [2.05, 4.69) is 28.9 Å². The molecule has 1 fully saturated rings. The fourth-order valence-corrected chi connectivity index (χ4v) is 4.03. The van der Waals surface area contributed by atoms with Crippen LogP contribution in [0.5, 0.6) is 0 Å². The molecule has 0 radical (unpaired) electrons. The average molecular weight is 397 g/mol. The molecule has 1 heterocycles. The highest BCUT2D eigenvalue weighted by atomic mass is 31.2. The van der Waals surface area contributed by atoms with E-state index in [1.165, 1.54) is 44.1 Å². The van der Waals surface area contributed by atoms with E-state index in [9.17, 15) is 9.36 Å². The minimum absolute atomic E-state index is 0.0236. The van der Waals surface area contributed by atoms with E-state index >= 15 is 0 Å². The lowest BCUT2D eigenvalue weighted by Gasteiger charge is -2.12. The lowest BCUT2D eigenvalue weighted by Crippen LogP contribution is -2.31. The van der Waals surface area contributed by atoms with E-state index in [0.717, 1.165) is 12.0 Å². The van der Waals surface area contributed by atoms with Gasteiger partial charge in [0.15, 0.2) is 5.78 Å². The van der Waals surface area contributed by atoms with Gasteiger partial charge in [-0.15, -0.1) is 0 Å². The standard InChI is InChI=1S/C20H32NO5P/c1-2-3-4-5-6-7-8-16-9-11-17(12-10-16)13-20(22)19-14-18(15-21-19)26-27(23,24)25/h9-12,18-19,21H,2-8,13-15H2,1H3,(H2,23,24,25)/t18-,19+/m0/s1. The van der Waals surface area contributed by atoms with Crippen LogP contribution in [-0.4, -0.2) is 34.3 Å². The smallest absolute Gasteiger partial charge is 0.305 e. The highest BCUT2D eigenvalue weighted by Crippen LogP contribution is 2.39. The molecule has 0 amide bonds. The van der Waals surface area contributed by atoms with Crippen LogP contribution in [0.1, 0.15) is 63.0 Å². The lowest BCUT2D eigenvalue weighted by molar-refractivity contribution is -0.120. The molecule has 1 aliphatic heterocycles. The van der Waals surface area contributed by atoms with Gasteiger partial charge < -0.3 is 15.1 Å². The molecule has 27 heavy (non-hydrogen) atoms. The van der Waals surface area contributed by atoms with E-state index in [1.54, 1.807) is 0 Å². The first-order valence-electron chi connectivity index (χ1n) is 9.95. The molecule has 2 atom stereocenters. The van der Waals surface area contributed by atoms with Gasteiger partial charge in [0.25, 0.3) is 0 Å². The Morgan fingerprint density at radius 2 is 1.74 bits per heavy atom. The maximum absolute atomic E-state index is 12.4. The average Bonchev–Trinajstić information content (AvgIpc) is 3.06. The summed E-state index contributed by atoms with van der Waals surface area (Å²) in [6, 6.07) is 7.78. The van der Waals surface area contributed by atoms with Crippen LogP contribution in [-0.2, 0) is 26.7 Å². The number of phosphoric ester groups is 1. The zero-order chi connectivity index (χ0) is 19.7. The Hall–Kier alpha value is -1.04. The summed E-state index contributed by atoms with van der Waals surface area (Å²) in [5.41, 5.74) is 2.27. The zero-order valence-corrected chi connectivity index (χ0v) is 17.0. The summed E-state index contributed by atoms with van der Waals surface area (Å²) < 4.78 is 15.6. The monoisotopic (exact) mass is 397 g/mol. The second-order valence-electron chi connectivity index (χ2n) is 7.39. The Kier molecular flexibility index (Phi) is 9.13. The Morgan fingerprint density at radius 3 is 2.41 bits per heavy atom. The molecular weight excluding hydrogens is 365 g/mol. The molecule has 6 nitrogen and oxygen atoms in total. The van der Waals surface area contributed by atoms with Crippen molar-refractivity contribution in [2.75, 3.05) is 6.54 Å². The molecule has 0 aliphatic carbocycles. The number of Topliss-reactive ketones (excluding diaryl/α,β-unsaturated/α-hetero) is 1. The Morgan fingerprint density at radius 1 is 1.11 bits per heavy atom. The van der Waals surface area contributed by atoms with Crippen molar-refractivity contribution in [3.8, 4) is 0 Å². The molecule has 1 aromatic rings. The van der Waals surface area contributed by atoms with Crippen molar-refractivity contribution in [1.29, 1.82) is 0 Å². The number of hydrogen-bond acceptors (Lipinski definition) is 4. The highest BCUT2D eigenvalue weighted by molar-refractivity contribution is 7.46. The van der Waals surface area contributed by atoms with Crippen molar-refractivity contribution >= 4 is 13.6 Å². The topological polar surface area (TPSA) is 95.9 Å². The van der Waals surface area contributed by atoms with E-state index in [4.69, 9.17) is 9.79 Å². The van der Waals surface area contributed by atoms with Crippen LogP contribution < -0.4 is 5.32 Å². The van der Waals surface area contributed by atoms with Gasteiger partial charge in [-0.2, -0.15) is 0 Å². The molecule has 0 aromatic heterocycles. The minimum atomic E-state index is -4.51. The van der Waals surface area contributed by atoms with Crippen LogP contribution in [0.25, 0.3) is 0 Å². The number of carbonyl (C=O) groups is 1. The predicted molar refractivity (Wildman–Crippen MR) is 106 cm³/mol. The third-order valence-electron chi connectivity index (χ3n) is 4.99. The third kappa shape index (κ3) is 8.67. The van der Waals surface area contributed by atoms with Crippen LogP contribution in [0.3, 0.4) is 0 Å². The van der Waals surface area contributed by atoms with Crippen LogP contribution in [0.15, 0.2) is 24.3 Å². The summed E-state index contributed by atoms with van der Waals surface area (Å²) in [7, 11) is -4.51. The predicted octanol–water partition coefficient (Wildman–Crippen LogP) is 3.54. The molecule has 0 spiro atoms. The summed E-state index contributed by atoms with van der Waals surface area (Å²) in [5.74, 6) is 0.0236. The normalized spacial score (nSPS) is 20.1. The number of carbonyl (C=O) groups excluding carboxylic acids is 1. The first-order chi connectivity index (χ1) is 12.9. The van der Waals surface area contributed by atoms with Crippen molar-refractivity contribution in [1.82, 2.24) is 5.32 Å². The van der Waals surface area contributed by atoms with Gasteiger partial charge >= 0.3 is 7.82 Å². The van der Waals surface area contributed by atoms with Crippen molar-refractivity contribution < 1.29 is 23.7 Å². The van der Waals surface area contributed by atoms with Crippen LogP contribution >= 0.6 is 7.82 Å². The van der Waals surface area contributed by atoms with Crippen LogP contribution in [0.2, 0.25) is 0 Å². The summed E-state index contributed by atoms with van der Waals surface area (Å²) in [6.07, 6.45) is 8.76. The quantitative estimate of drug-likeness (QED) is 0.369. The van der Waals surface area contributed by atoms with Crippen molar-refractivity contribution in [3.05, 3.63) is 35.4 Å². The molecule has 0 saturated carbocycles. The molecule has 0 bridgehead atoms. The summed E-state index contributed by atoms with van der Waals surface area (Å²) in [4.78, 5) is 30.1. The van der Waals surface area contributed by atoms with E-state index in [1.807, 2.05) is 12.1 Å². The van der Waals surface area contributed by atoms with Gasteiger partial charge in [0.1, 0.15) is 0 Å². The molecule has 0 unspecified atom stereocenters. The fraction of sp³-hybridized carbons (Fsp3) is 0.650. The summed E-state index contributed by atoms with van der Waals surface area (Å²) in [6.45, 7) is 2.50. The highest BCUT2D eigenvalue weighted by Gasteiger charge is 2.33. The number of unbranched alkanes of at least 4 members (excludes halogenated alkanes) is 5. The summed E-state index contributed by atoms with van der Waals surface area (Å²) in [5, 5.41) is 2.99. The van der Waals surface area contributed by atoms with E-state index in [-0.39, 0.29) is 12.3 Å². The number of aryl methyl sites for hydroxylation is 1. The van der Waals surface area contributed by atoms with E-state index in [0.29, 0.717) is 12.8 Å². The van der Waals surface area contributed by atoms with Crippen molar-refractivity contribution in [3.63, 3.8) is 0 Å². The SMILES string of the molecule is CCCCCCCCc1ccc(CC(=O)[C@H]2C[C@H](OP(=O)(O)O)CN2)cc1. The number of benzene rings is 1. The molecule has 2 rings (SSSR count). The van der Waals surface area contributed by atoms with Gasteiger partial charge in [0.2, 0.25) is 0 Å². The first-order valence-corrected chi connectivity index (χ1v) is 11.5. The second-order valence-corrected chi connectivity index (χ2v) is 8.58. The Balaban J connectivity index is 1.71. The first kappa shape index (κ1) is 22.3. The van der Waals surface area contributed by atoms with Gasteiger partial charge in [-0.05, 0) is 30.4 Å². The third-order valence-corrected chi connectivity index (χ3v) is 5.56. The molecule has 1 aliphatic rings. The van der Waals surface area contributed by atoms with Crippen LogP contribution in [0, 0.1) is 0 Å². The number of hydrogen-bond donors (Lipinski definition) is 3. The molecule has 7 heteroatoms. The van der Waals surface area contributed by atoms with Gasteiger partial charge in [0, 0.05) is 13.0 Å². The lowest BCUT2D eigenvalue weighted by atomic mass is 9.99. The fourth-order valence-electron chi connectivity index (χ4n) is 3.48. The van der Waals surface area contributed by atoms with Crippen molar-refractivity contribution in [2.45, 2.75) is 76.9 Å². The molecule has 3 N–H and O–H groups in total.